The molecule has 5 nitrogen and oxygen atoms in total. The fraction of sp³-hybridized carbons (Fsp3) is 0.280. The molecule has 0 radical (unpaired) electrons. The molecule has 1 fully saturated rings. The predicted octanol–water partition coefficient (Wildman–Crippen LogP) is 4.12. The maximum absolute atomic E-state index is 12.9. The summed E-state index contributed by atoms with van der Waals surface area (Å²) >= 11 is 6.23. The van der Waals surface area contributed by atoms with Crippen molar-refractivity contribution >= 4 is 17.5 Å². The molecule has 1 aromatic heterocycles. The van der Waals surface area contributed by atoms with Gasteiger partial charge in [0.25, 0.3) is 11.5 Å². The van der Waals surface area contributed by atoms with E-state index in [2.05, 4.69) is 22.3 Å². The second-order valence-electron chi connectivity index (χ2n) is 7.85. The topological polar surface area (TPSA) is 54.3 Å². The first kappa shape index (κ1) is 21.3. The highest BCUT2D eigenvalue weighted by molar-refractivity contribution is 6.31. The number of aromatic nitrogens is 1. The number of nitrogens with zero attached hydrogens (tertiary/aromatic N) is 2. The van der Waals surface area contributed by atoms with Crippen LogP contribution in [0.25, 0.3) is 0 Å². The van der Waals surface area contributed by atoms with Crippen LogP contribution in [0, 0.1) is 0 Å². The van der Waals surface area contributed by atoms with Crippen LogP contribution in [0.2, 0.25) is 5.02 Å². The van der Waals surface area contributed by atoms with Gasteiger partial charge in [0.2, 0.25) is 0 Å². The van der Waals surface area contributed by atoms with Crippen molar-refractivity contribution in [2.45, 2.75) is 25.4 Å². The minimum Gasteiger partial charge on any atom is -0.350 e. The van der Waals surface area contributed by atoms with Gasteiger partial charge in [-0.15, -0.1) is 0 Å². The number of likely N-dealkylation sites (tertiary alicyclic amines) is 1. The van der Waals surface area contributed by atoms with Crippen molar-refractivity contribution in [3.8, 4) is 0 Å². The Morgan fingerprint density at radius 1 is 0.968 bits per heavy atom. The molecule has 1 atom stereocenters. The van der Waals surface area contributed by atoms with Gasteiger partial charge in [0.1, 0.15) is 0 Å². The first-order valence-electron chi connectivity index (χ1n) is 10.6. The Hall–Kier alpha value is -2.89. The molecule has 2 aromatic carbocycles. The lowest BCUT2D eigenvalue weighted by atomic mass is 10.1. The Morgan fingerprint density at radius 2 is 1.68 bits per heavy atom. The van der Waals surface area contributed by atoms with Gasteiger partial charge in [-0.25, -0.2) is 0 Å². The summed E-state index contributed by atoms with van der Waals surface area (Å²) in [5.41, 5.74) is 2.32. The highest BCUT2D eigenvalue weighted by Gasteiger charge is 2.24. The standard InChI is InChI=1S/C25H26ClN3O2/c26-22-11-5-4-10-20(22)17-29-18-21(12-13-24(29)30)25(31)27-16-23(28-14-6-7-15-28)19-8-2-1-3-9-19/h1-5,8-13,18,23H,6-7,14-17H2,(H,27,31)/t23-/m1/s1. The summed E-state index contributed by atoms with van der Waals surface area (Å²) in [5, 5.41) is 3.67. The molecular weight excluding hydrogens is 410 g/mol. The van der Waals surface area contributed by atoms with Crippen LogP contribution in [0.15, 0.2) is 77.7 Å². The Labute approximate surface area is 187 Å². The number of hydrogen-bond acceptors (Lipinski definition) is 3. The number of amides is 1. The minimum absolute atomic E-state index is 0.140. The Balaban J connectivity index is 1.49. The lowest BCUT2D eigenvalue weighted by Crippen LogP contribution is -2.37. The Kier molecular flexibility index (Phi) is 6.85. The molecule has 0 bridgehead atoms. The first-order chi connectivity index (χ1) is 15.1. The fourth-order valence-electron chi connectivity index (χ4n) is 4.08. The van der Waals surface area contributed by atoms with Crippen molar-refractivity contribution < 1.29 is 4.79 Å². The number of nitrogens with one attached hydrogen (secondary N) is 1. The molecule has 1 amide bonds. The lowest BCUT2D eigenvalue weighted by molar-refractivity contribution is 0.0937. The number of carbonyl (C=O) groups excluding carboxylic acids is 1. The van der Waals surface area contributed by atoms with E-state index in [9.17, 15) is 9.59 Å². The minimum atomic E-state index is -0.187. The van der Waals surface area contributed by atoms with Gasteiger partial charge in [-0.2, -0.15) is 0 Å². The van der Waals surface area contributed by atoms with Crippen molar-refractivity contribution in [3.05, 3.63) is 105 Å². The summed E-state index contributed by atoms with van der Waals surface area (Å²) in [6, 6.07) is 20.8. The molecule has 0 aliphatic carbocycles. The largest absolute Gasteiger partial charge is 0.350 e. The molecule has 1 N–H and O–H groups in total. The molecule has 4 rings (SSSR count). The molecule has 1 aliphatic heterocycles. The summed E-state index contributed by atoms with van der Waals surface area (Å²) in [5.74, 6) is -0.187. The summed E-state index contributed by atoms with van der Waals surface area (Å²) in [4.78, 5) is 27.6. The Bertz CT molecular complexity index is 1090. The van der Waals surface area contributed by atoms with Crippen molar-refractivity contribution in [2.75, 3.05) is 19.6 Å². The van der Waals surface area contributed by atoms with Crippen LogP contribution in [0.1, 0.15) is 40.4 Å². The van der Waals surface area contributed by atoms with Crippen LogP contribution in [0.3, 0.4) is 0 Å². The number of hydrogen-bond donors (Lipinski definition) is 1. The quantitative estimate of drug-likeness (QED) is 0.607. The number of halogens is 1. The van der Waals surface area contributed by atoms with Crippen molar-refractivity contribution in [3.63, 3.8) is 0 Å². The van der Waals surface area contributed by atoms with Gasteiger partial charge < -0.3 is 9.88 Å². The third-order valence-corrected chi connectivity index (χ3v) is 6.13. The SMILES string of the molecule is O=C(NC[C@H](c1ccccc1)N1CCCC1)c1ccc(=O)n(Cc2ccccc2Cl)c1. The number of rotatable bonds is 7. The molecule has 160 valence electrons. The maximum atomic E-state index is 12.9. The number of benzene rings is 2. The van der Waals surface area contributed by atoms with Crippen LogP contribution < -0.4 is 10.9 Å². The normalized spacial score (nSPS) is 15.0. The van der Waals surface area contributed by atoms with Crippen molar-refractivity contribution in [2.24, 2.45) is 0 Å². The average molecular weight is 436 g/mol. The molecular formula is C25H26ClN3O2. The highest BCUT2D eigenvalue weighted by atomic mass is 35.5. The van der Waals surface area contributed by atoms with Crippen LogP contribution in [-0.4, -0.2) is 35.0 Å². The second kappa shape index (κ2) is 9.94. The van der Waals surface area contributed by atoms with Gasteiger partial charge in [0.05, 0.1) is 18.2 Å². The van der Waals surface area contributed by atoms with E-state index in [0.717, 1.165) is 18.7 Å². The maximum Gasteiger partial charge on any atom is 0.252 e. The zero-order chi connectivity index (χ0) is 21.6. The smallest absolute Gasteiger partial charge is 0.252 e. The van der Waals surface area contributed by atoms with E-state index in [4.69, 9.17) is 11.6 Å². The monoisotopic (exact) mass is 435 g/mol. The van der Waals surface area contributed by atoms with Crippen LogP contribution in [0.5, 0.6) is 0 Å². The number of pyridine rings is 1. The zero-order valence-electron chi connectivity index (χ0n) is 17.3. The molecule has 0 saturated carbocycles. The highest BCUT2D eigenvalue weighted by Crippen LogP contribution is 2.24. The van der Waals surface area contributed by atoms with Gasteiger partial charge in [-0.1, -0.05) is 60.1 Å². The van der Waals surface area contributed by atoms with Gasteiger partial charge in [0.15, 0.2) is 0 Å². The van der Waals surface area contributed by atoms with E-state index in [1.54, 1.807) is 18.3 Å². The lowest BCUT2D eigenvalue weighted by Gasteiger charge is -2.28. The van der Waals surface area contributed by atoms with Crippen LogP contribution in [-0.2, 0) is 6.54 Å². The van der Waals surface area contributed by atoms with E-state index in [-0.39, 0.29) is 17.5 Å². The molecule has 1 aliphatic rings. The molecule has 0 spiro atoms. The van der Waals surface area contributed by atoms with Crippen LogP contribution in [0.4, 0.5) is 0 Å². The molecule has 31 heavy (non-hydrogen) atoms. The molecule has 3 aromatic rings. The molecule has 2 heterocycles. The van der Waals surface area contributed by atoms with Gasteiger partial charge in [0, 0.05) is 23.8 Å². The van der Waals surface area contributed by atoms with Crippen molar-refractivity contribution in [1.29, 1.82) is 0 Å². The van der Waals surface area contributed by atoms with E-state index >= 15 is 0 Å². The van der Waals surface area contributed by atoms with E-state index in [0.29, 0.717) is 23.7 Å². The van der Waals surface area contributed by atoms with E-state index in [1.165, 1.54) is 29.0 Å². The predicted molar refractivity (Wildman–Crippen MR) is 124 cm³/mol. The van der Waals surface area contributed by atoms with Gasteiger partial charge in [-0.05, 0) is 49.2 Å². The van der Waals surface area contributed by atoms with Gasteiger partial charge in [-0.3, -0.25) is 14.5 Å². The second-order valence-corrected chi connectivity index (χ2v) is 8.26. The molecule has 6 heteroatoms. The third kappa shape index (κ3) is 5.24. The summed E-state index contributed by atoms with van der Waals surface area (Å²) in [6.07, 6.45) is 3.98. The molecule has 0 unspecified atom stereocenters. The fourth-order valence-corrected chi connectivity index (χ4v) is 4.27. The van der Waals surface area contributed by atoms with Crippen molar-refractivity contribution in [1.82, 2.24) is 14.8 Å². The van der Waals surface area contributed by atoms with E-state index < -0.39 is 0 Å². The number of carbonyl (C=O) groups is 1. The first-order valence-corrected chi connectivity index (χ1v) is 11.0. The zero-order valence-corrected chi connectivity index (χ0v) is 18.1. The molecule has 1 saturated heterocycles. The Morgan fingerprint density at radius 3 is 2.42 bits per heavy atom. The van der Waals surface area contributed by atoms with Crippen LogP contribution >= 0.6 is 11.6 Å². The summed E-state index contributed by atoms with van der Waals surface area (Å²) < 4.78 is 1.52. The summed E-state index contributed by atoms with van der Waals surface area (Å²) in [6.45, 7) is 2.92. The van der Waals surface area contributed by atoms with Gasteiger partial charge >= 0.3 is 0 Å². The third-order valence-electron chi connectivity index (χ3n) is 5.77. The average Bonchev–Trinajstić information content (AvgIpc) is 3.32. The summed E-state index contributed by atoms with van der Waals surface area (Å²) in [7, 11) is 0. The van der Waals surface area contributed by atoms with E-state index in [1.807, 2.05) is 36.4 Å².